The van der Waals surface area contributed by atoms with Gasteiger partial charge >= 0.3 is 16.5 Å². The Morgan fingerprint density at radius 2 is 1.08 bits per heavy atom. The molecular formula is C17H38Cl2N4Ni. The summed E-state index contributed by atoms with van der Waals surface area (Å²) in [5.74, 6) is 0. The van der Waals surface area contributed by atoms with E-state index in [-0.39, 0.29) is 52.4 Å². The van der Waals surface area contributed by atoms with Gasteiger partial charge in [0.05, 0.1) is 0 Å². The van der Waals surface area contributed by atoms with Crippen molar-refractivity contribution in [3.63, 3.8) is 0 Å². The first-order chi connectivity index (χ1) is 9.70. The second kappa shape index (κ2) is 14.0. The molecule has 1 saturated heterocycles. The number of hydrogen-bond acceptors (Lipinski definition) is 4. The fourth-order valence-electron chi connectivity index (χ4n) is 3.40. The van der Waals surface area contributed by atoms with E-state index in [2.05, 4.69) is 62.8 Å². The van der Waals surface area contributed by atoms with Gasteiger partial charge < -0.3 is 46.1 Å². The molecule has 150 valence electrons. The number of rotatable bonds is 0. The van der Waals surface area contributed by atoms with E-state index < -0.39 is 0 Å². The average Bonchev–Trinajstić information content (AvgIpc) is 2.32. The molecule has 2 unspecified atom stereocenters. The average molecular weight is 428 g/mol. The van der Waals surface area contributed by atoms with Crippen molar-refractivity contribution >= 4 is 0 Å². The molecule has 0 aromatic rings. The van der Waals surface area contributed by atoms with Gasteiger partial charge in [0.25, 0.3) is 0 Å². The van der Waals surface area contributed by atoms with Gasteiger partial charge in [0.2, 0.25) is 0 Å². The summed E-state index contributed by atoms with van der Waals surface area (Å²) >= 11 is 0. The third kappa shape index (κ3) is 14.1. The Morgan fingerprint density at radius 1 is 0.667 bits per heavy atom. The Kier molecular flexibility index (Phi) is 17.3. The first-order valence-corrected chi connectivity index (χ1v) is 8.67. The Balaban J connectivity index is -0.00000147. The van der Waals surface area contributed by atoms with E-state index in [1.54, 1.807) is 0 Å². The molecule has 0 aromatic heterocycles. The summed E-state index contributed by atoms with van der Waals surface area (Å²) in [7, 11) is 0. The van der Waals surface area contributed by atoms with Gasteiger partial charge in [0.15, 0.2) is 0 Å². The molecule has 0 spiro atoms. The van der Waals surface area contributed by atoms with Crippen LogP contribution in [0.1, 0.15) is 60.8 Å². The molecule has 0 bridgehead atoms. The number of hydrogen-bond donors (Lipinski definition) is 4. The maximum atomic E-state index is 3.69. The van der Waals surface area contributed by atoms with Crippen LogP contribution in [0.5, 0.6) is 0 Å². The zero-order valence-corrected chi connectivity index (χ0v) is 18.7. The Labute approximate surface area is 172 Å². The van der Waals surface area contributed by atoms with Gasteiger partial charge in [-0.25, -0.2) is 0 Å². The molecule has 4 nitrogen and oxygen atoms in total. The van der Waals surface area contributed by atoms with E-state index in [1.165, 1.54) is 6.42 Å². The van der Waals surface area contributed by atoms with Gasteiger partial charge in [-0.05, 0) is 73.9 Å². The molecule has 1 aliphatic rings. The van der Waals surface area contributed by atoms with Crippen LogP contribution in [0.15, 0.2) is 0 Å². The minimum Gasteiger partial charge on any atom is -1.00 e. The predicted molar refractivity (Wildman–Crippen MR) is 92.9 cm³/mol. The second-order valence-corrected chi connectivity index (χ2v) is 8.09. The van der Waals surface area contributed by atoms with E-state index in [9.17, 15) is 0 Å². The molecule has 7 heteroatoms. The van der Waals surface area contributed by atoms with Gasteiger partial charge in [-0.3, -0.25) is 0 Å². The summed E-state index contributed by atoms with van der Waals surface area (Å²) in [6.07, 6.45) is 3.49. The minimum atomic E-state index is 0. The second-order valence-electron chi connectivity index (χ2n) is 8.09. The van der Waals surface area contributed by atoms with Crippen molar-refractivity contribution in [1.82, 2.24) is 21.3 Å². The molecule has 0 amide bonds. The predicted octanol–water partition coefficient (Wildman–Crippen LogP) is -4.13. The topological polar surface area (TPSA) is 48.1 Å². The monoisotopic (exact) mass is 426 g/mol. The molecule has 1 rings (SSSR count). The fourth-order valence-corrected chi connectivity index (χ4v) is 3.40. The van der Waals surface area contributed by atoms with Crippen molar-refractivity contribution < 1.29 is 41.3 Å². The van der Waals surface area contributed by atoms with Crippen LogP contribution in [-0.2, 0) is 16.5 Å². The molecule has 1 aliphatic heterocycles. The van der Waals surface area contributed by atoms with Gasteiger partial charge in [-0.1, -0.05) is 0 Å². The van der Waals surface area contributed by atoms with Crippen LogP contribution in [0.2, 0.25) is 0 Å². The van der Waals surface area contributed by atoms with Crippen molar-refractivity contribution in [3.8, 4) is 0 Å². The van der Waals surface area contributed by atoms with E-state index >= 15 is 0 Å². The van der Waals surface area contributed by atoms with E-state index in [4.69, 9.17) is 0 Å². The minimum absolute atomic E-state index is 0. The van der Waals surface area contributed by atoms with Crippen molar-refractivity contribution in [1.29, 1.82) is 0 Å². The van der Waals surface area contributed by atoms with Crippen molar-refractivity contribution in [2.24, 2.45) is 0 Å². The third-order valence-corrected chi connectivity index (χ3v) is 4.30. The van der Waals surface area contributed by atoms with Crippen LogP contribution >= 0.6 is 0 Å². The Morgan fingerprint density at radius 3 is 1.58 bits per heavy atom. The van der Waals surface area contributed by atoms with Gasteiger partial charge in [-0.2, -0.15) is 0 Å². The van der Waals surface area contributed by atoms with Crippen LogP contribution < -0.4 is 46.1 Å². The zero-order chi connectivity index (χ0) is 15.9. The van der Waals surface area contributed by atoms with Gasteiger partial charge in [0.1, 0.15) is 0 Å². The standard InChI is InChI=1S/C17H38N4.2ClH.Ni/c1-14-12-17(5,6)21-11-10-19-15(2)13-16(3,4)20-9-7-8-18-14;;;/h14-15,18-21H,7-13H2,1-6H3;2*1H;/q;;;+2/p-2. The smallest absolute Gasteiger partial charge is 1.00 e. The van der Waals surface area contributed by atoms with E-state index in [0.29, 0.717) is 12.1 Å². The van der Waals surface area contributed by atoms with Crippen LogP contribution in [0, 0.1) is 0 Å². The maximum absolute atomic E-state index is 3.69. The fraction of sp³-hybridized carbons (Fsp3) is 1.00. The third-order valence-electron chi connectivity index (χ3n) is 4.30. The van der Waals surface area contributed by atoms with Crippen LogP contribution in [-0.4, -0.2) is 49.3 Å². The molecule has 1 fully saturated rings. The summed E-state index contributed by atoms with van der Waals surface area (Å²) in [5.41, 5.74) is 0.389. The largest absolute Gasteiger partial charge is 2.00 e. The summed E-state index contributed by atoms with van der Waals surface area (Å²) in [4.78, 5) is 0. The van der Waals surface area contributed by atoms with Crippen molar-refractivity contribution in [3.05, 3.63) is 0 Å². The molecular weight excluding hydrogens is 390 g/mol. The molecule has 2 atom stereocenters. The van der Waals surface area contributed by atoms with Crippen LogP contribution in [0.25, 0.3) is 0 Å². The van der Waals surface area contributed by atoms with Crippen LogP contribution in [0.4, 0.5) is 0 Å². The normalized spacial score (nSPS) is 28.8. The van der Waals surface area contributed by atoms with Crippen molar-refractivity contribution in [2.75, 3.05) is 26.2 Å². The molecule has 0 aliphatic carbocycles. The van der Waals surface area contributed by atoms with Crippen molar-refractivity contribution in [2.45, 2.75) is 84.0 Å². The zero-order valence-electron chi connectivity index (χ0n) is 16.2. The Bertz CT molecular complexity index is 304. The van der Waals surface area contributed by atoms with Gasteiger partial charge in [-0.15, -0.1) is 0 Å². The molecule has 24 heavy (non-hydrogen) atoms. The van der Waals surface area contributed by atoms with Gasteiger partial charge in [0, 0.05) is 36.3 Å². The molecule has 0 saturated carbocycles. The molecule has 1 heterocycles. The summed E-state index contributed by atoms with van der Waals surface area (Å²) in [6.45, 7) is 18.0. The first-order valence-electron chi connectivity index (χ1n) is 8.67. The van der Waals surface area contributed by atoms with E-state index in [0.717, 1.165) is 39.0 Å². The first kappa shape index (κ1) is 29.7. The molecule has 4 N–H and O–H groups in total. The maximum Gasteiger partial charge on any atom is 2.00 e. The van der Waals surface area contributed by atoms with E-state index in [1.807, 2.05) is 0 Å². The quantitative estimate of drug-likeness (QED) is 0.297. The summed E-state index contributed by atoms with van der Waals surface area (Å²) < 4.78 is 0. The summed E-state index contributed by atoms with van der Waals surface area (Å²) in [6, 6.07) is 1.09. The SMILES string of the molecule is CC1CC(C)(C)NCCCNC(C)CC(C)(C)NCCN1.[Cl-].[Cl-].[Ni+2]. The molecule has 0 aromatic carbocycles. The Hall–Kier alpha value is 0.914. The summed E-state index contributed by atoms with van der Waals surface area (Å²) in [5, 5.41) is 14.7. The van der Waals surface area contributed by atoms with Crippen LogP contribution in [0.3, 0.4) is 0 Å². The molecule has 0 radical (unpaired) electrons. The number of nitrogens with one attached hydrogen (secondary N) is 4. The number of halogens is 2.